The highest BCUT2D eigenvalue weighted by Crippen LogP contribution is 2.25. The van der Waals surface area contributed by atoms with Crippen LogP contribution in [0, 0.1) is 0 Å². The van der Waals surface area contributed by atoms with Gasteiger partial charge in [0.05, 0.1) is 11.5 Å². The molecule has 0 aromatic heterocycles. The molecule has 1 aromatic carbocycles. The van der Waals surface area contributed by atoms with E-state index in [-0.39, 0.29) is 6.04 Å². The third-order valence-electron chi connectivity index (χ3n) is 3.11. The van der Waals surface area contributed by atoms with E-state index in [1.54, 1.807) is 18.2 Å². The van der Waals surface area contributed by atoms with Crippen molar-refractivity contribution >= 4 is 10.0 Å². The second-order valence-corrected chi connectivity index (χ2v) is 6.59. The largest absolute Gasteiger partial charge is 0.494 e. The maximum Gasteiger partial charge on any atom is 0.240 e. The number of sulfonamides is 1. The fraction of sp³-hybridized carbons (Fsp3) is 0.571. The highest BCUT2D eigenvalue weighted by atomic mass is 32.2. The molecular weight excluding hydrogens is 276 g/mol. The van der Waals surface area contributed by atoms with Gasteiger partial charge in [-0.2, -0.15) is 0 Å². The van der Waals surface area contributed by atoms with Crippen molar-refractivity contribution in [1.29, 1.82) is 0 Å². The molecule has 0 aliphatic heterocycles. The molecule has 0 amide bonds. The van der Waals surface area contributed by atoms with Crippen molar-refractivity contribution in [1.82, 2.24) is 10.0 Å². The highest BCUT2D eigenvalue weighted by Gasteiger charge is 2.28. The Labute approximate surface area is 120 Å². The van der Waals surface area contributed by atoms with Gasteiger partial charge in [0, 0.05) is 18.2 Å². The van der Waals surface area contributed by atoms with Crippen LogP contribution in [-0.2, 0) is 16.6 Å². The summed E-state index contributed by atoms with van der Waals surface area (Å²) < 4.78 is 32.6. The molecule has 1 aliphatic rings. The van der Waals surface area contributed by atoms with Crippen molar-refractivity contribution < 1.29 is 13.2 Å². The van der Waals surface area contributed by atoms with Gasteiger partial charge in [-0.05, 0) is 44.5 Å². The van der Waals surface area contributed by atoms with Crippen molar-refractivity contribution in [2.75, 3.05) is 13.2 Å². The molecule has 1 aliphatic carbocycles. The van der Waals surface area contributed by atoms with Gasteiger partial charge in [0.15, 0.2) is 0 Å². The van der Waals surface area contributed by atoms with Crippen LogP contribution in [0.15, 0.2) is 23.1 Å². The van der Waals surface area contributed by atoms with E-state index < -0.39 is 10.0 Å². The lowest BCUT2D eigenvalue weighted by atomic mass is 10.2. The van der Waals surface area contributed by atoms with Gasteiger partial charge in [0.1, 0.15) is 5.75 Å². The Hall–Kier alpha value is -1.11. The van der Waals surface area contributed by atoms with E-state index >= 15 is 0 Å². The van der Waals surface area contributed by atoms with Crippen molar-refractivity contribution in [3.8, 4) is 5.75 Å². The van der Waals surface area contributed by atoms with E-state index in [1.807, 2.05) is 13.8 Å². The van der Waals surface area contributed by atoms with Crippen molar-refractivity contribution in [2.24, 2.45) is 0 Å². The number of ether oxygens (including phenoxy) is 1. The predicted octanol–water partition coefficient (Wildman–Crippen LogP) is 1.64. The molecule has 0 spiro atoms. The quantitative estimate of drug-likeness (QED) is 0.765. The number of hydrogen-bond donors (Lipinski definition) is 2. The summed E-state index contributed by atoms with van der Waals surface area (Å²) in [6.07, 6.45) is 1.86. The topological polar surface area (TPSA) is 67.4 Å². The summed E-state index contributed by atoms with van der Waals surface area (Å²) in [5.74, 6) is 0.735. The molecule has 20 heavy (non-hydrogen) atoms. The summed E-state index contributed by atoms with van der Waals surface area (Å²) in [6.45, 7) is 5.90. The zero-order valence-electron chi connectivity index (χ0n) is 12.0. The lowest BCUT2D eigenvalue weighted by Crippen LogP contribution is -2.26. The molecule has 2 rings (SSSR count). The van der Waals surface area contributed by atoms with Crippen LogP contribution < -0.4 is 14.8 Å². The summed E-state index contributed by atoms with van der Waals surface area (Å²) in [6, 6.07) is 5.14. The van der Waals surface area contributed by atoms with Gasteiger partial charge in [0.25, 0.3) is 0 Å². The summed E-state index contributed by atoms with van der Waals surface area (Å²) in [5.41, 5.74) is 0.868. The summed E-state index contributed by atoms with van der Waals surface area (Å²) in [7, 11) is -3.41. The fourth-order valence-corrected chi connectivity index (χ4v) is 3.26. The molecule has 0 saturated heterocycles. The minimum absolute atomic E-state index is 0.115. The molecule has 0 atom stereocenters. The van der Waals surface area contributed by atoms with Crippen molar-refractivity contribution in [3.05, 3.63) is 23.8 Å². The van der Waals surface area contributed by atoms with Crippen LogP contribution in [0.5, 0.6) is 5.75 Å². The monoisotopic (exact) mass is 298 g/mol. The normalized spacial score (nSPS) is 15.3. The van der Waals surface area contributed by atoms with E-state index in [9.17, 15) is 8.42 Å². The molecule has 1 fully saturated rings. The Bertz CT molecular complexity index is 554. The maximum atomic E-state index is 12.2. The molecule has 1 aromatic rings. The van der Waals surface area contributed by atoms with Crippen molar-refractivity contribution in [3.63, 3.8) is 0 Å². The van der Waals surface area contributed by atoms with E-state index in [1.165, 1.54) is 0 Å². The zero-order chi connectivity index (χ0) is 14.6. The third kappa shape index (κ3) is 3.94. The lowest BCUT2D eigenvalue weighted by molar-refractivity contribution is 0.335. The van der Waals surface area contributed by atoms with Crippen LogP contribution in [-0.4, -0.2) is 27.6 Å². The number of nitrogens with one attached hydrogen (secondary N) is 2. The molecule has 112 valence electrons. The summed E-state index contributed by atoms with van der Waals surface area (Å²) in [4.78, 5) is 0.306. The highest BCUT2D eigenvalue weighted by molar-refractivity contribution is 7.89. The van der Waals surface area contributed by atoms with Gasteiger partial charge >= 0.3 is 0 Å². The second kappa shape index (κ2) is 6.56. The SMILES string of the molecule is CCNCc1cc(S(=O)(=O)NC2CC2)ccc1OCC. The number of rotatable bonds is 8. The van der Waals surface area contributed by atoms with Crippen molar-refractivity contribution in [2.45, 2.75) is 44.2 Å². The van der Waals surface area contributed by atoms with E-state index in [4.69, 9.17) is 4.74 Å². The average molecular weight is 298 g/mol. The molecule has 1 saturated carbocycles. The van der Waals surface area contributed by atoms with Crippen LogP contribution >= 0.6 is 0 Å². The minimum atomic E-state index is -3.41. The Balaban J connectivity index is 2.24. The smallest absolute Gasteiger partial charge is 0.240 e. The molecule has 6 heteroatoms. The van der Waals surface area contributed by atoms with Crippen LogP contribution in [0.2, 0.25) is 0 Å². The minimum Gasteiger partial charge on any atom is -0.494 e. The Morgan fingerprint density at radius 2 is 2.05 bits per heavy atom. The number of hydrogen-bond acceptors (Lipinski definition) is 4. The first-order valence-corrected chi connectivity index (χ1v) is 8.54. The standard InChI is InChI=1S/C14H22N2O3S/c1-3-15-10-11-9-13(7-8-14(11)19-4-2)20(17,18)16-12-5-6-12/h7-9,12,15-16H,3-6,10H2,1-2H3. The van der Waals surface area contributed by atoms with Crippen LogP contribution in [0.4, 0.5) is 0 Å². The van der Waals surface area contributed by atoms with Gasteiger partial charge in [-0.25, -0.2) is 13.1 Å². The van der Waals surface area contributed by atoms with Crippen LogP contribution in [0.1, 0.15) is 32.3 Å². The van der Waals surface area contributed by atoms with Gasteiger partial charge in [-0.3, -0.25) is 0 Å². The summed E-state index contributed by atoms with van der Waals surface area (Å²) in [5, 5.41) is 3.20. The average Bonchev–Trinajstić information content (AvgIpc) is 3.21. The Morgan fingerprint density at radius 3 is 2.65 bits per heavy atom. The first-order valence-electron chi connectivity index (χ1n) is 7.05. The molecule has 0 heterocycles. The first kappa shape index (κ1) is 15.3. The second-order valence-electron chi connectivity index (χ2n) is 4.88. The van der Waals surface area contributed by atoms with E-state index in [0.717, 1.165) is 30.7 Å². The Morgan fingerprint density at radius 1 is 1.30 bits per heavy atom. The van der Waals surface area contributed by atoms with Gasteiger partial charge in [-0.15, -0.1) is 0 Å². The summed E-state index contributed by atoms with van der Waals surface area (Å²) >= 11 is 0. The van der Waals surface area contributed by atoms with E-state index in [2.05, 4.69) is 10.0 Å². The third-order valence-corrected chi connectivity index (χ3v) is 4.62. The first-order chi connectivity index (χ1) is 9.56. The van der Waals surface area contributed by atoms with Crippen LogP contribution in [0.25, 0.3) is 0 Å². The molecule has 5 nitrogen and oxygen atoms in total. The fourth-order valence-electron chi connectivity index (χ4n) is 1.91. The number of benzene rings is 1. The van der Waals surface area contributed by atoms with E-state index in [0.29, 0.717) is 18.0 Å². The van der Waals surface area contributed by atoms with Gasteiger partial charge in [0.2, 0.25) is 10.0 Å². The maximum absolute atomic E-state index is 12.2. The molecule has 0 radical (unpaired) electrons. The molecule has 0 unspecified atom stereocenters. The zero-order valence-corrected chi connectivity index (χ0v) is 12.8. The molecule has 2 N–H and O–H groups in total. The Kier molecular flexibility index (Phi) is 5.01. The molecular formula is C14H22N2O3S. The van der Waals surface area contributed by atoms with Gasteiger partial charge < -0.3 is 10.1 Å². The van der Waals surface area contributed by atoms with Gasteiger partial charge in [-0.1, -0.05) is 6.92 Å². The predicted molar refractivity (Wildman–Crippen MR) is 78.3 cm³/mol. The lowest BCUT2D eigenvalue weighted by Gasteiger charge is -2.13. The molecule has 0 bridgehead atoms. The van der Waals surface area contributed by atoms with Crippen LogP contribution in [0.3, 0.4) is 0 Å².